The van der Waals surface area contributed by atoms with Crippen molar-refractivity contribution in [3.05, 3.63) is 42.5 Å². The minimum atomic E-state index is 0.781. The standard InChI is InChI=1S/C12H12N2O/c1-9-7-10(3-6-14-9)11-4-5-13-8-12(11)15-2/h3-8H,1-2H3. The van der Waals surface area contributed by atoms with Crippen molar-refractivity contribution in [3.63, 3.8) is 0 Å². The molecule has 0 radical (unpaired) electrons. The molecule has 0 aliphatic rings. The van der Waals surface area contributed by atoms with Crippen LogP contribution in [-0.4, -0.2) is 17.1 Å². The first-order chi connectivity index (χ1) is 7.31. The second-order valence-corrected chi connectivity index (χ2v) is 3.26. The van der Waals surface area contributed by atoms with Crippen LogP contribution in [0.25, 0.3) is 11.1 Å². The molecule has 0 bridgehead atoms. The monoisotopic (exact) mass is 200 g/mol. The highest BCUT2D eigenvalue weighted by Gasteiger charge is 2.04. The molecule has 2 aromatic heterocycles. The molecule has 76 valence electrons. The molecule has 0 fully saturated rings. The molecular formula is C12H12N2O. The topological polar surface area (TPSA) is 35.0 Å². The molecule has 15 heavy (non-hydrogen) atoms. The van der Waals surface area contributed by atoms with Gasteiger partial charge >= 0.3 is 0 Å². The van der Waals surface area contributed by atoms with Crippen LogP contribution in [0, 0.1) is 6.92 Å². The van der Waals surface area contributed by atoms with E-state index in [1.54, 1.807) is 25.7 Å². The van der Waals surface area contributed by atoms with Crippen LogP contribution < -0.4 is 4.74 Å². The quantitative estimate of drug-likeness (QED) is 0.747. The molecular weight excluding hydrogens is 188 g/mol. The van der Waals surface area contributed by atoms with Gasteiger partial charge in [0.2, 0.25) is 0 Å². The van der Waals surface area contributed by atoms with Crippen molar-refractivity contribution < 1.29 is 4.74 Å². The molecule has 0 spiro atoms. The lowest BCUT2D eigenvalue weighted by Crippen LogP contribution is -1.89. The molecule has 3 nitrogen and oxygen atoms in total. The Hall–Kier alpha value is -1.90. The number of hydrogen-bond acceptors (Lipinski definition) is 3. The van der Waals surface area contributed by atoms with Crippen LogP contribution in [0.1, 0.15) is 5.69 Å². The molecule has 2 aromatic rings. The van der Waals surface area contributed by atoms with Gasteiger partial charge in [-0.1, -0.05) is 0 Å². The first kappa shape index (κ1) is 9.65. The lowest BCUT2D eigenvalue weighted by molar-refractivity contribution is 0.414. The Morgan fingerprint density at radius 2 is 2.07 bits per heavy atom. The Morgan fingerprint density at radius 3 is 2.80 bits per heavy atom. The normalized spacial score (nSPS) is 10.0. The van der Waals surface area contributed by atoms with Crippen molar-refractivity contribution in [2.45, 2.75) is 6.92 Å². The van der Waals surface area contributed by atoms with E-state index in [1.165, 1.54) is 0 Å². The van der Waals surface area contributed by atoms with Crippen molar-refractivity contribution in [1.29, 1.82) is 0 Å². The SMILES string of the molecule is COc1cnccc1-c1ccnc(C)c1. The number of nitrogens with zero attached hydrogens (tertiary/aromatic N) is 2. The maximum Gasteiger partial charge on any atom is 0.144 e. The van der Waals surface area contributed by atoms with E-state index in [-0.39, 0.29) is 0 Å². The summed E-state index contributed by atoms with van der Waals surface area (Å²) in [6, 6.07) is 5.93. The van der Waals surface area contributed by atoms with Crippen molar-refractivity contribution in [2.24, 2.45) is 0 Å². The van der Waals surface area contributed by atoms with Crippen LogP contribution in [0.4, 0.5) is 0 Å². The van der Waals surface area contributed by atoms with Crippen LogP contribution in [0.15, 0.2) is 36.8 Å². The van der Waals surface area contributed by atoms with Crippen LogP contribution in [0.5, 0.6) is 5.75 Å². The van der Waals surface area contributed by atoms with Crippen molar-refractivity contribution in [2.75, 3.05) is 7.11 Å². The number of aromatic nitrogens is 2. The van der Waals surface area contributed by atoms with E-state index in [1.807, 2.05) is 25.1 Å². The second kappa shape index (κ2) is 4.09. The van der Waals surface area contributed by atoms with E-state index in [2.05, 4.69) is 9.97 Å². The maximum atomic E-state index is 5.26. The third kappa shape index (κ3) is 1.96. The first-order valence-corrected chi connectivity index (χ1v) is 4.72. The van der Waals surface area contributed by atoms with Gasteiger partial charge in [-0.05, 0) is 30.7 Å². The molecule has 0 aliphatic carbocycles. The van der Waals surface area contributed by atoms with Crippen LogP contribution in [0.2, 0.25) is 0 Å². The maximum absolute atomic E-state index is 5.26. The largest absolute Gasteiger partial charge is 0.494 e. The van der Waals surface area contributed by atoms with Gasteiger partial charge in [0.25, 0.3) is 0 Å². The zero-order chi connectivity index (χ0) is 10.7. The highest BCUT2D eigenvalue weighted by molar-refractivity contribution is 5.69. The Balaban J connectivity index is 2.53. The third-order valence-corrected chi connectivity index (χ3v) is 2.21. The van der Waals surface area contributed by atoms with Gasteiger partial charge in [-0.15, -0.1) is 0 Å². The molecule has 2 heterocycles. The summed E-state index contributed by atoms with van der Waals surface area (Å²) in [7, 11) is 1.65. The molecule has 0 unspecified atom stereocenters. The van der Waals surface area contributed by atoms with Crippen molar-refractivity contribution >= 4 is 0 Å². The van der Waals surface area contributed by atoms with Crippen molar-refractivity contribution in [3.8, 4) is 16.9 Å². The van der Waals surface area contributed by atoms with E-state index in [0.717, 1.165) is 22.6 Å². The number of rotatable bonds is 2. The fourth-order valence-electron chi connectivity index (χ4n) is 1.49. The van der Waals surface area contributed by atoms with Gasteiger partial charge in [0.15, 0.2) is 0 Å². The summed E-state index contributed by atoms with van der Waals surface area (Å²) in [5.41, 5.74) is 3.13. The summed E-state index contributed by atoms with van der Waals surface area (Å²) in [5, 5.41) is 0. The Kier molecular flexibility index (Phi) is 2.63. The minimum absolute atomic E-state index is 0.781. The summed E-state index contributed by atoms with van der Waals surface area (Å²) >= 11 is 0. The lowest BCUT2D eigenvalue weighted by atomic mass is 10.1. The Bertz CT molecular complexity index is 469. The highest BCUT2D eigenvalue weighted by atomic mass is 16.5. The molecule has 2 rings (SSSR count). The third-order valence-electron chi connectivity index (χ3n) is 2.21. The number of aryl methyl sites for hydroxylation is 1. The second-order valence-electron chi connectivity index (χ2n) is 3.26. The fourth-order valence-corrected chi connectivity index (χ4v) is 1.49. The van der Waals surface area contributed by atoms with Crippen LogP contribution in [0.3, 0.4) is 0 Å². The Morgan fingerprint density at radius 1 is 1.20 bits per heavy atom. The molecule has 0 saturated carbocycles. The summed E-state index contributed by atoms with van der Waals surface area (Å²) in [4.78, 5) is 8.19. The van der Waals surface area contributed by atoms with Gasteiger partial charge < -0.3 is 4.74 Å². The summed E-state index contributed by atoms with van der Waals surface area (Å²) < 4.78 is 5.26. The zero-order valence-electron chi connectivity index (χ0n) is 8.77. The Labute approximate surface area is 88.8 Å². The fraction of sp³-hybridized carbons (Fsp3) is 0.167. The zero-order valence-corrected chi connectivity index (χ0v) is 8.77. The van der Waals surface area contributed by atoms with Gasteiger partial charge in [-0.2, -0.15) is 0 Å². The highest BCUT2D eigenvalue weighted by Crippen LogP contribution is 2.28. The van der Waals surface area contributed by atoms with Gasteiger partial charge in [-0.3, -0.25) is 9.97 Å². The van der Waals surface area contributed by atoms with Gasteiger partial charge in [0.05, 0.1) is 13.3 Å². The predicted molar refractivity (Wildman–Crippen MR) is 58.8 cm³/mol. The van der Waals surface area contributed by atoms with E-state index < -0.39 is 0 Å². The lowest BCUT2D eigenvalue weighted by Gasteiger charge is -2.07. The van der Waals surface area contributed by atoms with Crippen molar-refractivity contribution in [1.82, 2.24) is 9.97 Å². The predicted octanol–water partition coefficient (Wildman–Crippen LogP) is 2.46. The smallest absolute Gasteiger partial charge is 0.144 e. The van der Waals surface area contributed by atoms with Crippen LogP contribution in [-0.2, 0) is 0 Å². The van der Waals surface area contributed by atoms with E-state index >= 15 is 0 Å². The summed E-state index contributed by atoms with van der Waals surface area (Å²) in [6.45, 7) is 1.97. The van der Waals surface area contributed by atoms with E-state index in [9.17, 15) is 0 Å². The molecule has 0 amide bonds. The number of methoxy groups -OCH3 is 1. The molecule has 0 aliphatic heterocycles. The molecule has 3 heteroatoms. The summed E-state index contributed by atoms with van der Waals surface area (Å²) in [5.74, 6) is 0.781. The average molecular weight is 200 g/mol. The first-order valence-electron chi connectivity index (χ1n) is 4.72. The molecule has 0 atom stereocenters. The van der Waals surface area contributed by atoms with E-state index in [0.29, 0.717) is 0 Å². The average Bonchev–Trinajstić information content (AvgIpc) is 2.29. The van der Waals surface area contributed by atoms with Gasteiger partial charge in [0.1, 0.15) is 5.75 Å². The number of pyridine rings is 2. The van der Waals surface area contributed by atoms with Gasteiger partial charge in [0, 0.05) is 23.7 Å². The van der Waals surface area contributed by atoms with E-state index in [4.69, 9.17) is 4.74 Å². The molecule has 0 saturated heterocycles. The molecule has 0 N–H and O–H groups in total. The van der Waals surface area contributed by atoms with Crippen LogP contribution >= 0.6 is 0 Å². The minimum Gasteiger partial charge on any atom is -0.494 e. The van der Waals surface area contributed by atoms with Gasteiger partial charge in [-0.25, -0.2) is 0 Å². The number of hydrogen-bond donors (Lipinski definition) is 0. The molecule has 0 aromatic carbocycles. The summed E-state index contributed by atoms with van der Waals surface area (Å²) in [6.07, 6.45) is 5.27. The number of ether oxygens (including phenoxy) is 1.